The molecular weight excluding hydrogens is 172 g/mol. The SMILES string of the molecule is CC(=O)/C=C/C/C(C)=C/C=C/C(C)C. The van der Waals surface area contributed by atoms with E-state index in [-0.39, 0.29) is 5.78 Å². The first kappa shape index (κ1) is 12.9. The molecule has 0 aromatic heterocycles. The lowest BCUT2D eigenvalue weighted by molar-refractivity contribution is -0.112. The minimum atomic E-state index is 0.107. The minimum Gasteiger partial charge on any atom is -0.295 e. The first-order valence-electron chi connectivity index (χ1n) is 5.03. The maximum Gasteiger partial charge on any atom is 0.152 e. The number of allylic oxidation sites excluding steroid dienone is 6. The predicted molar refractivity (Wildman–Crippen MR) is 62.2 cm³/mol. The van der Waals surface area contributed by atoms with E-state index in [1.54, 1.807) is 13.0 Å². The van der Waals surface area contributed by atoms with Crippen molar-refractivity contribution in [3.05, 3.63) is 36.0 Å². The average Bonchev–Trinajstić information content (AvgIpc) is 2.02. The van der Waals surface area contributed by atoms with Gasteiger partial charge in [-0.15, -0.1) is 0 Å². The lowest BCUT2D eigenvalue weighted by atomic mass is 10.1. The first-order valence-corrected chi connectivity index (χ1v) is 5.03. The fourth-order valence-corrected chi connectivity index (χ4v) is 0.921. The second kappa shape index (κ2) is 7.31. The molecule has 0 atom stereocenters. The fourth-order valence-electron chi connectivity index (χ4n) is 0.921. The Labute approximate surface area is 87.2 Å². The van der Waals surface area contributed by atoms with Crippen LogP contribution >= 0.6 is 0 Å². The van der Waals surface area contributed by atoms with Crippen molar-refractivity contribution in [2.24, 2.45) is 5.92 Å². The third-order valence-electron chi connectivity index (χ3n) is 1.67. The number of ketones is 1. The zero-order chi connectivity index (χ0) is 11.0. The lowest BCUT2D eigenvalue weighted by Gasteiger charge is -1.93. The topological polar surface area (TPSA) is 17.1 Å². The second-order valence-corrected chi connectivity index (χ2v) is 3.86. The number of carbonyl (C=O) groups is 1. The van der Waals surface area contributed by atoms with Crippen molar-refractivity contribution in [3.8, 4) is 0 Å². The summed E-state index contributed by atoms with van der Waals surface area (Å²) in [5, 5.41) is 0. The van der Waals surface area contributed by atoms with Gasteiger partial charge in [-0.3, -0.25) is 4.79 Å². The Kier molecular flexibility index (Phi) is 6.73. The van der Waals surface area contributed by atoms with Crippen molar-refractivity contribution < 1.29 is 4.79 Å². The summed E-state index contributed by atoms with van der Waals surface area (Å²) >= 11 is 0. The van der Waals surface area contributed by atoms with Gasteiger partial charge in [0.05, 0.1) is 0 Å². The molecule has 0 bridgehead atoms. The third kappa shape index (κ3) is 8.98. The summed E-state index contributed by atoms with van der Waals surface area (Å²) in [5.41, 5.74) is 1.26. The largest absolute Gasteiger partial charge is 0.295 e. The van der Waals surface area contributed by atoms with E-state index in [1.165, 1.54) is 5.57 Å². The molecule has 0 rings (SSSR count). The van der Waals surface area contributed by atoms with E-state index >= 15 is 0 Å². The van der Waals surface area contributed by atoms with Crippen LogP contribution in [-0.4, -0.2) is 5.78 Å². The molecule has 0 aromatic rings. The Hall–Kier alpha value is -1.11. The molecule has 1 nitrogen and oxygen atoms in total. The van der Waals surface area contributed by atoms with Gasteiger partial charge in [-0.05, 0) is 32.3 Å². The monoisotopic (exact) mass is 192 g/mol. The average molecular weight is 192 g/mol. The highest BCUT2D eigenvalue weighted by Crippen LogP contribution is 2.02. The van der Waals surface area contributed by atoms with Gasteiger partial charge in [0.15, 0.2) is 5.78 Å². The maximum atomic E-state index is 10.6. The fraction of sp³-hybridized carbons (Fsp3) is 0.462. The Morgan fingerprint density at radius 1 is 1.29 bits per heavy atom. The van der Waals surface area contributed by atoms with Gasteiger partial charge in [0.2, 0.25) is 0 Å². The number of carbonyl (C=O) groups excluding carboxylic acids is 1. The molecule has 0 radical (unpaired) electrons. The van der Waals surface area contributed by atoms with Crippen molar-refractivity contribution in [2.45, 2.75) is 34.1 Å². The third-order valence-corrected chi connectivity index (χ3v) is 1.67. The van der Waals surface area contributed by atoms with E-state index in [0.29, 0.717) is 5.92 Å². The maximum absolute atomic E-state index is 10.6. The molecule has 0 aromatic carbocycles. The molecule has 0 aliphatic rings. The van der Waals surface area contributed by atoms with Gasteiger partial charge in [-0.25, -0.2) is 0 Å². The van der Waals surface area contributed by atoms with Crippen LogP contribution in [-0.2, 0) is 4.79 Å². The van der Waals surface area contributed by atoms with Gasteiger partial charge in [-0.1, -0.05) is 43.7 Å². The van der Waals surface area contributed by atoms with Crippen LogP contribution in [0.25, 0.3) is 0 Å². The Bertz CT molecular complexity index is 254. The van der Waals surface area contributed by atoms with Crippen molar-refractivity contribution in [1.29, 1.82) is 0 Å². The summed E-state index contributed by atoms with van der Waals surface area (Å²) in [4.78, 5) is 10.6. The molecule has 0 N–H and O–H groups in total. The Balaban J connectivity index is 3.95. The van der Waals surface area contributed by atoms with E-state index in [2.05, 4.69) is 39.0 Å². The zero-order valence-electron chi connectivity index (χ0n) is 9.58. The van der Waals surface area contributed by atoms with Crippen LogP contribution in [0.1, 0.15) is 34.1 Å². The molecule has 0 aliphatic carbocycles. The number of hydrogen-bond acceptors (Lipinski definition) is 1. The highest BCUT2D eigenvalue weighted by Gasteiger charge is 1.86. The predicted octanol–water partition coefficient (Wildman–Crippen LogP) is 3.68. The van der Waals surface area contributed by atoms with Crippen LogP contribution in [0.5, 0.6) is 0 Å². The van der Waals surface area contributed by atoms with Gasteiger partial charge >= 0.3 is 0 Å². The van der Waals surface area contributed by atoms with E-state index in [1.807, 2.05) is 6.08 Å². The zero-order valence-corrected chi connectivity index (χ0v) is 9.58. The molecule has 0 saturated heterocycles. The summed E-state index contributed by atoms with van der Waals surface area (Å²) < 4.78 is 0. The minimum absolute atomic E-state index is 0.107. The van der Waals surface area contributed by atoms with Crippen molar-refractivity contribution in [3.63, 3.8) is 0 Å². The van der Waals surface area contributed by atoms with Gasteiger partial charge in [0.1, 0.15) is 0 Å². The number of rotatable bonds is 5. The van der Waals surface area contributed by atoms with E-state index in [0.717, 1.165) is 6.42 Å². The smallest absolute Gasteiger partial charge is 0.152 e. The molecule has 0 fully saturated rings. The molecule has 0 unspecified atom stereocenters. The molecule has 0 aliphatic heterocycles. The second-order valence-electron chi connectivity index (χ2n) is 3.86. The van der Waals surface area contributed by atoms with Crippen LogP contribution < -0.4 is 0 Å². The highest BCUT2D eigenvalue weighted by molar-refractivity contribution is 5.87. The van der Waals surface area contributed by atoms with Crippen LogP contribution in [0.2, 0.25) is 0 Å². The summed E-state index contributed by atoms with van der Waals surface area (Å²) in [6.45, 7) is 7.92. The van der Waals surface area contributed by atoms with Gasteiger partial charge in [-0.2, -0.15) is 0 Å². The summed E-state index contributed by atoms with van der Waals surface area (Å²) in [5.74, 6) is 0.697. The van der Waals surface area contributed by atoms with Crippen molar-refractivity contribution in [1.82, 2.24) is 0 Å². The van der Waals surface area contributed by atoms with E-state index in [9.17, 15) is 4.79 Å². The van der Waals surface area contributed by atoms with Crippen LogP contribution in [0.4, 0.5) is 0 Å². The van der Waals surface area contributed by atoms with Crippen LogP contribution in [0, 0.1) is 5.92 Å². The standard InChI is InChI=1S/C13H20O/c1-11(2)7-5-8-12(3)9-6-10-13(4)14/h5-8,10-11H,9H2,1-4H3/b7-5+,10-6+,12-8+. The van der Waals surface area contributed by atoms with Crippen molar-refractivity contribution in [2.75, 3.05) is 0 Å². The van der Waals surface area contributed by atoms with Gasteiger partial charge in [0.25, 0.3) is 0 Å². The molecule has 78 valence electrons. The van der Waals surface area contributed by atoms with Crippen LogP contribution in [0.3, 0.4) is 0 Å². The quantitative estimate of drug-likeness (QED) is 0.479. The van der Waals surface area contributed by atoms with Crippen molar-refractivity contribution >= 4 is 5.78 Å². The van der Waals surface area contributed by atoms with Gasteiger partial charge < -0.3 is 0 Å². The van der Waals surface area contributed by atoms with Crippen LogP contribution in [0.15, 0.2) is 36.0 Å². The summed E-state index contributed by atoms with van der Waals surface area (Å²) in [6.07, 6.45) is 10.7. The lowest BCUT2D eigenvalue weighted by Crippen LogP contribution is -1.80. The molecular formula is C13H20O. The Morgan fingerprint density at radius 3 is 2.43 bits per heavy atom. The molecule has 14 heavy (non-hydrogen) atoms. The van der Waals surface area contributed by atoms with Gasteiger partial charge in [0, 0.05) is 0 Å². The molecule has 1 heteroatoms. The van der Waals surface area contributed by atoms with E-state index < -0.39 is 0 Å². The summed E-state index contributed by atoms with van der Waals surface area (Å²) in [7, 11) is 0. The first-order chi connectivity index (χ1) is 6.52. The molecule has 0 saturated carbocycles. The normalized spacial score (nSPS) is 13.4. The number of hydrogen-bond donors (Lipinski definition) is 0. The molecule has 0 spiro atoms. The Morgan fingerprint density at radius 2 is 1.93 bits per heavy atom. The molecule has 0 amide bonds. The molecule has 0 heterocycles. The highest BCUT2D eigenvalue weighted by atomic mass is 16.1. The summed E-state index contributed by atoms with van der Waals surface area (Å²) in [6, 6.07) is 0. The van der Waals surface area contributed by atoms with E-state index in [4.69, 9.17) is 0 Å².